The first-order valence-corrected chi connectivity index (χ1v) is 19.1. The number of rotatable bonds is 8. The molecule has 1 aliphatic heterocycles. The van der Waals surface area contributed by atoms with Gasteiger partial charge in [-0.05, 0) is 80.2 Å². The molecule has 3 atom stereocenters. The molecule has 3 aliphatic carbocycles. The van der Waals surface area contributed by atoms with Gasteiger partial charge in [0.2, 0.25) is 5.95 Å². The number of sulfonamides is 1. The molecule has 1 saturated heterocycles. The maximum atomic E-state index is 16.3. The van der Waals surface area contributed by atoms with E-state index in [1.54, 1.807) is 12.3 Å². The molecule has 0 spiro atoms. The molecule has 46 heavy (non-hydrogen) atoms. The van der Waals surface area contributed by atoms with E-state index in [0.717, 1.165) is 55.3 Å². The Morgan fingerprint density at radius 2 is 1.63 bits per heavy atom. The standard InChI is InChI=1S/C31H28F3N5O4S3/c32-20-4-2-5-21(33)28(20)46(42,43)39-22-6-1-3-17(24(22)34)26-27(44-29(37-26)31-10-7-16(13-31)8-11-31)23-9-12-35-30(36-23)38-25-18-14-45(40,41)15-19(18)25/h1-6,9,12,16,18-19,25,39H,7-8,10-11,13-15H2,(H,35,36,38)/t16?,18-,19+,25+,31?. The third kappa shape index (κ3) is 4.98. The van der Waals surface area contributed by atoms with Crippen LogP contribution in [0.15, 0.2) is 53.6 Å². The monoisotopic (exact) mass is 687 g/mol. The van der Waals surface area contributed by atoms with Gasteiger partial charge in [0.15, 0.2) is 20.5 Å². The van der Waals surface area contributed by atoms with Crippen molar-refractivity contribution in [3.8, 4) is 21.8 Å². The summed E-state index contributed by atoms with van der Waals surface area (Å²) in [6.45, 7) is 0. The van der Waals surface area contributed by atoms with Gasteiger partial charge in [-0.25, -0.2) is 45.0 Å². The number of benzene rings is 2. The quantitative estimate of drug-likeness (QED) is 0.239. The van der Waals surface area contributed by atoms with Crippen LogP contribution in [0.4, 0.5) is 24.8 Å². The van der Waals surface area contributed by atoms with E-state index < -0.39 is 47.9 Å². The molecule has 2 aromatic heterocycles. The molecule has 240 valence electrons. The van der Waals surface area contributed by atoms with E-state index in [4.69, 9.17) is 9.97 Å². The molecule has 3 heterocycles. The van der Waals surface area contributed by atoms with E-state index in [2.05, 4.69) is 10.3 Å². The van der Waals surface area contributed by atoms with Crippen molar-refractivity contribution < 1.29 is 30.0 Å². The van der Waals surface area contributed by atoms with E-state index in [1.165, 1.54) is 29.5 Å². The van der Waals surface area contributed by atoms with Crippen molar-refractivity contribution in [2.45, 2.75) is 48.5 Å². The van der Waals surface area contributed by atoms with Crippen LogP contribution in [0.1, 0.15) is 37.1 Å². The minimum absolute atomic E-state index is 0.00528. The number of aromatic nitrogens is 3. The lowest BCUT2D eigenvalue weighted by Gasteiger charge is -2.23. The number of fused-ring (bicyclic) bond motifs is 3. The van der Waals surface area contributed by atoms with Crippen LogP contribution in [0.3, 0.4) is 0 Å². The van der Waals surface area contributed by atoms with E-state index in [-0.39, 0.29) is 46.1 Å². The van der Waals surface area contributed by atoms with Gasteiger partial charge in [-0.2, -0.15) is 0 Å². The zero-order valence-electron chi connectivity index (χ0n) is 24.2. The van der Waals surface area contributed by atoms with Crippen LogP contribution in [0.25, 0.3) is 21.8 Å². The van der Waals surface area contributed by atoms with Gasteiger partial charge in [-0.3, -0.25) is 4.72 Å². The lowest BCUT2D eigenvalue weighted by Crippen LogP contribution is -2.19. The molecule has 0 unspecified atom stereocenters. The Hall–Kier alpha value is -3.56. The normalized spacial score (nSPS) is 27.5. The van der Waals surface area contributed by atoms with Crippen molar-refractivity contribution in [1.29, 1.82) is 0 Å². The molecular weight excluding hydrogens is 660 g/mol. The molecule has 2 N–H and O–H groups in total. The number of hydrogen-bond acceptors (Lipinski definition) is 9. The molecule has 15 heteroatoms. The molecule has 4 fully saturated rings. The summed E-state index contributed by atoms with van der Waals surface area (Å²) >= 11 is 1.43. The fourth-order valence-corrected chi connectivity index (χ4v) is 12.3. The second kappa shape index (κ2) is 10.5. The number of sulfone groups is 1. The minimum Gasteiger partial charge on any atom is -0.351 e. The van der Waals surface area contributed by atoms with E-state index in [0.29, 0.717) is 22.4 Å². The second-order valence-corrected chi connectivity index (χ2v) is 17.6. The van der Waals surface area contributed by atoms with Crippen molar-refractivity contribution in [2.75, 3.05) is 21.5 Å². The number of thiazole rings is 1. The van der Waals surface area contributed by atoms with Crippen LogP contribution >= 0.6 is 11.3 Å². The van der Waals surface area contributed by atoms with Gasteiger partial charge in [0, 0.05) is 23.2 Å². The fraction of sp³-hybridized carbons (Fsp3) is 0.387. The van der Waals surface area contributed by atoms with E-state index >= 15 is 4.39 Å². The zero-order chi connectivity index (χ0) is 32.0. The first kappa shape index (κ1) is 29.8. The summed E-state index contributed by atoms with van der Waals surface area (Å²) in [7, 11) is -7.83. The molecule has 4 aliphatic rings. The molecule has 8 rings (SSSR count). The van der Waals surface area contributed by atoms with Gasteiger partial charge < -0.3 is 5.32 Å². The predicted octanol–water partition coefficient (Wildman–Crippen LogP) is 5.77. The molecule has 0 amide bonds. The molecular formula is C31H28F3N5O4S3. The highest BCUT2D eigenvalue weighted by Gasteiger charge is 2.59. The lowest BCUT2D eigenvalue weighted by molar-refractivity contribution is 0.417. The summed E-state index contributed by atoms with van der Waals surface area (Å²) < 4.78 is 96.9. The van der Waals surface area contributed by atoms with Gasteiger partial charge in [0.25, 0.3) is 10.0 Å². The number of nitrogens with zero attached hydrogens (tertiary/aromatic N) is 3. The molecule has 9 nitrogen and oxygen atoms in total. The Balaban J connectivity index is 1.18. The Kier molecular flexibility index (Phi) is 6.79. The molecule has 4 aromatic rings. The minimum atomic E-state index is -4.82. The Bertz CT molecular complexity index is 2080. The third-order valence-electron chi connectivity index (χ3n) is 9.92. The maximum absolute atomic E-state index is 16.3. The summed E-state index contributed by atoms with van der Waals surface area (Å²) in [5.74, 6) is -2.27. The molecule has 0 radical (unpaired) electrons. The van der Waals surface area contributed by atoms with Crippen molar-refractivity contribution >= 4 is 42.8 Å². The Morgan fingerprint density at radius 1 is 0.935 bits per heavy atom. The number of anilines is 2. The average molecular weight is 688 g/mol. The van der Waals surface area contributed by atoms with E-state index in [1.807, 2.05) is 4.72 Å². The Morgan fingerprint density at radius 3 is 2.30 bits per heavy atom. The van der Waals surface area contributed by atoms with Crippen molar-refractivity contribution in [1.82, 2.24) is 15.0 Å². The van der Waals surface area contributed by atoms with Gasteiger partial charge in [-0.15, -0.1) is 11.3 Å². The van der Waals surface area contributed by atoms with Crippen LogP contribution in [0.5, 0.6) is 0 Å². The van der Waals surface area contributed by atoms with Crippen LogP contribution in [-0.4, -0.2) is 49.3 Å². The number of nitrogens with one attached hydrogen (secondary N) is 2. The first-order chi connectivity index (χ1) is 21.9. The highest BCUT2D eigenvalue weighted by atomic mass is 32.2. The van der Waals surface area contributed by atoms with Gasteiger partial charge in [0.1, 0.15) is 16.6 Å². The summed E-state index contributed by atoms with van der Waals surface area (Å²) in [6.07, 6.45) is 6.73. The number of hydrogen-bond donors (Lipinski definition) is 2. The van der Waals surface area contributed by atoms with Gasteiger partial charge >= 0.3 is 0 Å². The summed E-state index contributed by atoms with van der Waals surface area (Å²) in [4.78, 5) is 13.4. The van der Waals surface area contributed by atoms with Crippen LogP contribution in [0, 0.1) is 35.2 Å². The highest BCUT2D eigenvalue weighted by Crippen LogP contribution is 2.57. The average Bonchev–Trinajstić information content (AvgIpc) is 3.56. The second-order valence-electron chi connectivity index (χ2n) is 12.8. The zero-order valence-corrected chi connectivity index (χ0v) is 26.7. The number of halogens is 3. The molecule has 3 saturated carbocycles. The predicted molar refractivity (Wildman–Crippen MR) is 167 cm³/mol. The summed E-state index contributed by atoms with van der Waals surface area (Å²) in [5.41, 5.74) is 0.161. The highest BCUT2D eigenvalue weighted by molar-refractivity contribution is 7.92. The van der Waals surface area contributed by atoms with Gasteiger partial charge in [-0.1, -0.05) is 12.1 Å². The van der Waals surface area contributed by atoms with Crippen LogP contribution < -0.4 is 10.0 Å². The smallest absolute Gasteiger partial charge is 0.267 e. The van der Waals surface area contributed by atoms with Crippen molar-refractivity contribution in [3.05, 3.63) is 71.1 Å². The summed E-state index contributed by atoms with van der Waals surface area (Å²) in [5, 5.41) is 4.14. The summed E-state index contributed by atoms with van der Waals surface area (Å²) in [6, 6.07) is 8.43. The largest absolute Gasteiger partial charge is 0.351 e. The van der Waals surface area contributed by atoms with Crippen LogP contribution in [0.2, 0.25) is 0 Å². The van der Waals surface area contributed by atoms with Gasteiger partial charge in [0.05, 0.1) is 33.5 Å². The van der Waals surface area contributed by atoms with Crippen LogP contribution in [-0.2, 0) is 25.3 Å². The molecule has 2 aromatic carbocycles. The lowest BCUT2D eigenvalue weighted by atomic mass is 9.85. The molecule has 2 bridgehead atoms. The SMILES string of the molecule is O=S1(=O)C[C@@H]2[C@H](C1)[C@H]2Nc1nccc(-c2sc(C34CCC(CC3)C4)nc2-c2cccc(NS(=O)(=O)c3c(F)cccc3F)c2F)n1. The van der Waals surface area contributed by atoms with E-state index in [9.17, 15) is 25.6 Å². The maximum Gasteiger partial charge on any atom is 0.267 e. The third-order valence-corrected chi connectivity index (χ3v) is 14.4. The fourth-order valence-electron chi connectivity index (χ4n) is 7.60. The first-order valence-electron chi connectivity index (χ1n) is 15.0. The van der Waals surface area contributed by atoms with Crippen molar-refractivity contribution in [2.24, 2.45) is 17.8 Å². The Labute approximate surface area is 267 Å². The van der Waals surface area contributed by atoms with Crippen molar-refractivity contribution in [3.63, 3.8) is 0 Å². The topological polar surface area (TPSA) is 131 Å².